The number of halogens is 1. The molecule has 1 heterocycles. The van der Waals surface area contributed by atoms with Crippen LogP contribution in [0.2, 0.25) is 5.02 Å². The molecule has 24 heavy (non-hydrogen) atoms. The molecule has 3 rings (SSSR count). The van der Waals surface area contributed by atoms with Crippen molar-refractivity contribution in [3.8, 4) is 22.9 Å². The SMILES string of the molecule is Oc1ccc(C=NNCc2nc(-c3ccc(Cl)cc3)no2)cc1O. The van der Waals surface area contributed by atoms with Crippen LogP contribution in [-0.2, 0) is 6.54 Å². The Morgan fingerprint density at radius 2 is 1.92 bits per heavy atom. The number of nitrogens with one attached hydrogen (secondary N) is 1. The summed E-state index contributed by atoms with van der Waals surface area (Å²) in [7, 11) is 0. The zero-order valence-corrected chi connectivity index (χ0v) is 13.1. The third kappa shape index (κ3) is 3.82. The fourth-order valence-corrected chi connectivity index (χ4v) is 2.02. The second-order valence-electron chi connectivity index (χ2n) is 4.86. The van der Waals surface area contributed by atoms with Crippen molar-refractivity contribution in [2.24, 2.45) is 5.10 Å². The van der Waals surface area contributed by atoms with Crippen LogP contribution in [0.15, 0.2) is 52.1 Å². The van der Waals surface area contributed by atoms with Crippen LogP contribution in [0, 0.1) is 0 Å². The van der Waals surface area contributed by atoms with Crippen LogP contribution in [0.25, 0.3) is 11.4 Å². The molecule has 0 unspecified atom stereocenters. The Labute approximate surface area is 142 Å². The molecule has 0 aliphatic carbocycles. The minimum Gasteiger partial charge on any atom is -0.504 e. The summed E-state index contributed by atoms with van der Waals surface area (Å²) in [4.78, 5) is 4.25. The Hall–Kier alpha value is -3.06. The van der Waals surface area contributed by atoms with Crippen LogP contribution in [0.3, 0.4) is 0 Å². The van der Waals surface area contributed by atoms with Gasteiger partial charge in [0, 0.05) is 10.6 Å². The number of hydrogen-bond donors (Lipinski definition) is 3. The molecule has 0 saturated carbocycles. The lowest BCUT2D eigenvalue weighted by atomic mass is 10.2. The third-order valence-electron chi connectivity index (χ3n) is 3.11. The fraction of sp³-hybridized carbons (Fsp3) is 0.0625. The molecule has 0 aliphatic heterocycles. The number of aromatic hydroxyl groups is 2. The van der Waals surface area contributed by atoms with E-state index in [2.05, 4.69) is 20.7 Å². The summed E-state index contributed by atoms with van der Waals surface area (Å²) in [6, 6.07) is 11.5. The smallest absolute Gasteiger partial charge is 0.247 e. The van der Waals surface area contributed by atoms with Gasteiger partial charge in [-0.15, -0.1) is 0 Å². The minimum atomic E-state index is -0.205. The van der Waals surface area contributed by atoms with Crippen LogP contribution in [-0.4, -0.2) is 26.6 Å². The third-order valence-corrected chi connectivity index (χ3v) is 3.36. The number of hydrazone groups is 1. The van der Waals surface area contributed by atoms with E-state index in [1.807, 2.05) is 0 Å². The van der Waals surface area contributed by atoms with Crippen molar-refractivity contribution < 1.29 is 14.7 Å². The fourth-order valence-electron chi connectivity index (χ4n) is 1.90. The number of hydrogen-bond acceptors (Lipinski definition) is 7. The van der Waals surface area contributed by atoms with Crippen LogP contribution in [0.4, 0.5) is 0 Å². The molecule has 8 heteroatoms. The number of rotatable bonds is 5. The molecule has 0 aliphatic rings. The molecule has 122 valence electrons. The van der Waals surface area contributed by atoms with Gasteiger partial charge in [0.1, 0.15) is 6.54 Å². The first-order valence-corrected chi connectivity index (χ1v) is 7.36. The zero-order valence-electron chi connectivity index (χ0n) is 12.3. The lowest BCUT2D eigenvalue weighted by Crippen LogP contribution is -2.05. The van der Waals surface area contributed by atoms with Crippen molar-refractivity contribution >= 4 is 17.8 Å². The Bertz CT molecular complexity index is 862. The highest BCUT2D eigenvalue weighted by Gasteiger charge is 2.07. The first-order chi connectivity index (χ1) is 11.6. The van der Waals surface area contributed by atoms with E-state index in [1.165, 1.54) is 18.3 Å². The summed E-state index contributed by atoms with van der Waals surface area (Å²) in [6.07, 6.45) is 1.50. The van der Waals surface area contributed by atoms with E-state index in [9.17, 15) is 10.2 Å². The Morgan fingerprint density at radius 1 is 1.12 bits per heavy atom. The molecule has 0 amide bonds. The lowest BCUT2D eigenvalue weighted by molar-refractivity contribution is 0.369. The van der Waals surface area contributed by atoms with Gasteiger partial charge in [-0.05, 0) is 48.0 Å². The topological polar surface area (TPSA) is 104 Å². The second kappa shape index (κ2) is 7.01. The number of phenolic OH excluding ortho intramolecular Hbond substituents is 2. The van der Waals surface area contributed by atoms with Gasteiger partial charge in [-0.2, -0.15) is 10.1 Å². The van der Waals surface area contributed by atoms with Crippen molar-refractivity contribution in [2.45, 2.75) is 6.54 Å². The number of phenols is 2. The zero-order chi connectivity index (χ0) is 16.9. The predicted octanol–water partition coefficient (Wildman–Crippen LogP) is 2.92. The van der Waals surface area contributed by atoms with Gasteiger partial charge < -0.3 is 20.2 Å². The lowest BCUT2D eigenvalue weighted by Gasteiger charge is -1.98. The van der Waals surface area contributed by atoms with E-state index >= 15 is 0 Å². The molecular weight excluding hydrogens is 332 g/mol. The molecule has 0 bridgehead atoms. The van der Waals surface area contributed by atoms with Gasteiger partial charge in [-0.25, -0.2) is 0 Å². The first kappa shape index (κ1) is 15.8. The summed E-state index contributed by atoms with van der Waals surface area (Å²) in [5, 5.41) is 27.1. The molecule has 3 aromatic rings. The van der Waals surface area contributed by atoms with Gasteiger partial charge in [0.05, 0.1) is 6.21 Å². The normalized spacial score (nSPS) is 11.0. The van der Waals surface area contributed by atoms with Gasteiger partial charge in [0.15, 0.2) is 11.5 Å². The van der Waals surface area contributed by atoms with E-state index < -0.39 is 0 Å². The van der Waals surface area contributed by atoms with Gasteiger partial charge in [0.25, 0.3) is 0 Å². The monoisotopic (exact) mass is 344 g/mol. The van der Waals surface area contributed by atoms with Crippen LogP contribution in [0.5, 0.6) is 11.5 Å². The van der Waals surface area contributed by atoms with E-state index in [-0.39, 0.29) is 18.0 Å². The quantitative estimate of drug-likeness (QED) is 0.373. The van der Waals surface area contributed by atoms with Gasteiger partial charge in [-0.3, -0.25) is 0 Å². The van der Waals surface area contributed by atoms with Crippen molar-refractivity contribution in [1.82, 2.24) is 15.6 Å². The van der Waals surface area contributed by atoms with Crippen LogP contribution < -0.4 is 5.43 Å². The van der Waals surface area contributed by atoms with E-state index in [1.54, 1.807) is 30.3 Å². The molecule has 2 aromatic carbocycles. The summed E-state index contributed by atoms with van der Waals surface area (Å²) < 4.78 is 5.13. The number of aromatic nitrogens is 2. The van der Waals surface area contributed by atoms with Crippen LogP contribution in [0.1, 0.15) is 11.5 Å². The molecule has 0 radical (unpaired) electrons. The summed E-state index contributed by atoms with van der Waals surface area (Å²) in [5.74, 6) is 0.464. The predicted molar refractivity (Wildman–Crippen MR) is 88.9 cm³/mol. The van der Waals surface area contributed by atoms with Crippen molar-refractivity contribution in [3.05, 3.63) is 58.9 Å². The number of benzene rings is 2. The Balaban J connectivity index is 1.58. The molecule has 3 N–H and O–H groups in total. The average Bonchev–Trinajstić information content (AvgIpc) is 3.04. The Kier molecular flexibility index (Phi) is 4.62. The van der Waals surface area contributed by atoms with E-state index in [4.69, 9.17) is 16.1 Å². The maximum absolute atomic E-state index is 9.39. The molecule has 0 saturated heterocycles. The maximum Gasteiger partial charge on any atom is 0.247 e. The molecule has 0 atom stereocenters. The van der Waals surface area contributed by atoms with Crippen molar-refractivity contribution in [3.63, 3.8) is 0 Å². The standard InChI is InChI=1S/C16H13ClN4O3/c17-12-4-2-11(3-5-12)16-20-15(24-21-16)9-19-18-8-10-1-6-13(22)14(23)7-10/h1-8,19,22-23H,9H2. The molecule has 0 spiro atoms. The average molecular weight is 345 g/mol. The first-order valence-electron chi connectivity index (χ1n) is 6.98. The van der Waals surface area contributed by atoms with Crippen molar-refractivity contribution in [2.75, 3.05) is 0 Å². The maximum atomic E-state index is 9.39. The van der Waals surface area contributed by atoms with E-state index in [0.29, 0.717) is 22.3 Å². The molecule has 1 aromatic heterocycles. The summed E-state index contributed by atoms with van der Waals surface area (Å²) >= 11 is 5.84. The molecule has 7 nitrogen and oxygen atoms in total. The minimum absolute atomic E-state index is 0.180. The molecule has 0 fully saturated rings. The Morgan fingerprint density at radius 3 is 2.67 bits per heavy atom. The number of nitrogens with zero attached hydrogens (tertiary/aromatic N) is 3. The van der Waals surface area contributed by atoms with E-state index in [0.717, 1.165) is 5.56 Å². The van der Waals surface area contributed by atoms with Gasteiger partial charge >= 0.3 is 0 Å². The highest BCUT2D eigenvalue weighted by atomic mass is 35.5. The second-order valence-corrected chi connectivity index (χ2v) is 5.30. The van der Waals surface area contributed by atoms with Gasteiger partial charge in [-0.1, -0.05) is 16.8 Å². The summed E-state index contributed by atoms with van der Waals surface area (Å²) in [6.45, 7) is 0.251. The highest BCUT2D eigenvalue weighted by molar-refractivity contribution is 6.30. The largest absolute Gasteiger partial charge is 0.504 e. The van der Waals surface area contributed by atoms with Crippen LogP contribution >= 0.6 is 11.6 Å². The highest BCUT2D eigenvalue weighted by Crippen LogP contribution is 2.24. The molecular formula is C16H13ClN4O3. The summed E-state index contributed by atoms with van der Waals surface area (Å²) in [5.41, 5.74) is 4.20. The van der Waals surface area contributed by atoms with Crippen molar-refractivity contribution in [1.29, 1.82) is 0 Å². The van der Waals surface area contributed by atoms with Gasteiger partial charge in [0.2, 0.25) is 11.7 Å².